The monoisotopic (exact) mass is 553 g/mol. The molecule has 0 spiro atoms. The van der Waals surface area contributed by atoms with E-state index in [1.807, 2.05) is 18.0 Å². The summed E-state index contributed by atoms with van der Waals surface area (Å²) in [5.74, 6) is -0.239. The molecule has 2 saturated heterocycles. The largest absolute Gasteiger partial charge is 0.376 e. The first-order valence-electron chi connectivity index (χ1n) is 14.5. The number of piperazine rings is 1. The van der Waals surface area contributed by atoms with E-state index in [1.54, 1.807) is 16.7 Å². The third-order valence-electron chi connectivity index (χ3n) is 8.87. The second-order valence-corrected chi connectivity index (χ2v) is 12.8. The van der Waals surface area contributed by atoms with Crippen LogP contribution in [0.1, 0.15) is 51.3 Å². The molecule has 3 aliphatic heterocycles. The molecular weight excluding hydrogens is 509 g/mol. The maximum absolute atomic E-state index is 14.0. The van der Waals surface area contributed by atoms with E-state index < -0.39 is 0 Å². The van der Waals surface area contributed by atoms with Gasteiger partial charge in [-0.2, -0.15) is 0 Å². The van der Waals surface area contributed by atoms with Gasteiger partial charge in [-0.3, -0.25) is 19.4 Å². The van der Waals surface area contributed by atoms with Crippen molar-refractivity contribution in [2.24, 2.45) is 0 Å². The third kappa shape index (κ3) is 6.03. The first kappa shape index (κ1) is 28.9. The lowest BCUT2D eigenvalue weighted by molar-refractivity contribution is -0.121. The van der Waals surface area contributed by atoms with Crippen molar-refractivity contribution in [1.29, 1.82) is 0 Å². The summed E-state index contributed by atoms with van der Waals surface area (Å²) in [6, 6.07) is 7.17. The lowest BCUT2D eigenvalue weighted by Crippen LogP contribution is -2.62. The van der Waals surface area contributed by atoms with Crippen LogP contribution < -0.4 is 15.8 Å². The molecule has 1 amide bonds. The van der Waals surface area contributed by atoms with Gasteiger partial charge in [-0.25, -0.2) is 4.39 Å². The van der Waals surface area contributed by atoms with Gasteiger partial charge in [0.15, 0.2) is 0 Å². The Morgan fingerprint density at radius 1 is 1.15 bits per heavy atom. The smallest absolute Gasteiger partial charge is 0.251 e. The number of carbonyl (C=O) groups excluding carboxylic acids is 1. The molecule has 0 saturated carbocycles. The fourth-order valence-electron chi connectivity index (χ4n) is 6.41. The van der Waals surface area contributed by atoms with Crippen molar-refractivity contribution in [1.82, 2.24) is 19.7 Å². The predicted molar refractivity (Wildman–Crippen MR) is 156 cm³/mol. The minimum Gasteiger partial charge on any atom is -0.376 e. The van der Waals surface area contributed by atoms with Crippen LogP contribution in [0.2, 0.25) is 0 Å². The zero-order chi connectivity index (χ0) is 28.8. The maximum Gasteiger partial charge on any atom is 0.251 e. The number of pyridine rings is 1. The average Bonchev–Trinajstić information content (AvgIpc) is 3.14. The molecular formula is C31H44FN5O3. The van der Waals surface area contributed by atoms with E-state index in [-0.39, 0.29) is 34.8 Å². The van der Waals surface area contributed by atoms with Gasteiger partial charge in [-0.15, -0.1) is 0 Å². The van der Waals surface area contributed by atoms with E-state index >= 15 is 0 Å². The Labute approximate surface area is 237 Å². The van der Waals surface area contributed by atoms with Gasteiger partial charge in [0.05, 0.1) is 31.5 Å². The molecule has 8 nitrogen and oxygen atoms in total. The van der Waals surface area contributed by atoms with Gasteiger partial charge in [0.2, 0.25) is 5.91 Å². The van der Waals surface area contributed by atoms with E-state index in [1.165, 1.54) is 12.1 Å². The number of ether oxygens (including phenoxy) is 1. The highest BCUT2D eigenvalue weighted by Crippen LogP contribution is 2.39. The van der Waals surface area contributed by atoms with Crippen LogP contribution in [0.15, 0.2) is 35.3 Å². The second kappa shape index (κ2) is 11.4. The summed E-state index contributed by atoms with van der Waals surface area (Å²) in [5, 5.41) is 3.61. The Morgan fingerprint density at radius 2 is 1.93 bits per heavy atom. The molecule has 4 atom stereocenters. The van der Waals surface area contributed by atoms with Gasteiger partial charge < -0.3 is 19.5 Å². The van der Waals surface area contributed by atoms with Crippen molar-refractivity contribution in [2.75, 3.05) is 50.8 Å². The summed E-state index contributed by atoms with van der Waals surface area (Å²) in [6.07, 6.45) is 2.03. The van der Waals surface area contributed by atoms with Crippen molar-refractivity contribution in [3.8, 4) is 0 Å². The van der Waals surface area contributed by atoms with E-state index in [4.69, 9.17) is 4.74 Å². The fraction of sp³-hybridized carbons (Fsp3) is 0.613. The van der Waals surface area contributed by atoms with Crippen molar-refractivity contribution < 1.29 is 13.9 Å². The number of rotatable bonds is 6. The van der Waals surface area contributed by atoms with Crippen LogP contribution in [0.3, 0.4) is 0 Å². The van der Waals surface area contributed by atoms with Crippen LogP contribution in [-0.2, 0) is 21.5 Å². The number of benzene rings is 1. The number of aromatic nitrogens is 1. The fourth-order valence-corrected chi connectivity index (χ4v) is 6.41. The number of carbonyl (C=O) groups is 1. The Kier molecular flexibility index (Phi) is 8.21. The predicted octanol–water partition coefficient (Wildman–Crippen LogP) is 2.74. The van der Waals surface area contributed by atoms with Crippen molar-refractivity contribution in [3.63, 3.8) is 0 Å². The molecule has 3 aliphatic rings. The van der Waals surface area contributed by atoms with Gasteiger partial charge in [-0.05, 0) is 56.5 Å². The molecule has 0 bridgehead atoms. The quantitative estimate of drug-likeness (QED) is 0.594. The van der Waals surface area contributed by atoms with Crippen LogP contribution in [0.5, 0.6) is 0 Å². The van der Waals surface area contributed by atoms with Crippen LogP contribution in [0.25, 0.3) is 0 Å². The number of hydrogen-bond donors (Lipinski definition) is 1. The lowest BCUT2D eigenvalue weighted by Gasteiger charge is -2.44. The summed E-state index contributed by atoms with van der Waals surface area (Å²) in [7, 11) is 0. The summed E-state index contributed by atoms with van der Waals surface area (Å²) in [5.41, 5.74) is 2.93. The maximum atomic E-state index is 14.0. The molecule has 1 aromatic carbocycles. The highest BCUT2D eigenvalue weighted by molar-refractivity contribution is 5.97. The normalized spacial score (nSPS) is 27.1. The molecule has 1 aromatic heterocycles. The van der Waals surface area contributed by atoms with Crippen LogP contribution in [0.4, 0.5) is 10.1 Å². The molecule has 0 radical (unpaired) electrons. The van der Waals surface area contributed by atoms with E-state index in [0.717, 1.165) is 55.2 Å². The van der Waals surface area contributed by atoms with Gasteiger partial charge in [-0.1, -0.05) is 19.9 Å². The molecule has 2 fully saturated rings. The van der Waals surface area contributed by atoms with E-state index in [0.29, 0.717) is 31.7 Å². The number of amides is 1. The molecule has 4 heterocycles. The molecule has 40 heavy (non-hydrogen) atoms. The van der Waals surface area contributed by atoms with Crippen molar-refractivity contribution in [2.45, 2.75) is 77.7 Å². The zero-order valence-corrected chi connectivity index (χ0v) is 24.7. The van der Waals surface area contributed by atoms with Gasteiger partial charge in [0.1, 0.15) is 5.82 Å². The Bertz CT molecular complexity index is 1310. The summed E-state index contributed by atoms with van der Waals surface area (Å²) in [6.45, 7) is 17.9. The number of nitrogens with one attached hydrogen (secondary N) is 1. The third-order valence-corrected chi connectivity index (χ3v) is 8.87. The SMILES string of the molecule is Cc1cc(F)ccc1Cn1cc2c(cc1=O)C(C)(C)CN2C(=O)CN1C[C@@H](C)NC[C@@H]1CN1C[C@H](C)OC[C@H]1C. The number of halogens is 1. The molecule has 0 unspecified atom stereocenters. The number of aryl methyl sites for hydroxylation is 1. The number of morpholine rings is 1. The molecule has 2 aromatic rings. The second-order valence-electron chi connectivity index (χ2n) is 12.8. The highest BCUT2D eigenvalue weighted by Gasteiger charge is 2.40. The first-order valence-corrected chi connectivity index (χ1v) is 14.5. The van der Waals surface area contributed by atoms with Crippen LogP contribution in [-0.4, -0.2) is 90.4 Å². The standard InChI is InChI=1S/C31H44FN5O3/c1-20-9-25(32)8-7-24(20)14-36-16-28-27(10-29(36)38)31(5,6)19-37(28)30(39)17-35-12-21(2)33-11-26(35)15-34-13-23(4)40-18-22(34)3/h7-10,16,21-23,26,33H,11-15,17-19H2,1-6H3/t21-,22-,23+,26-/m1/s1. The van der Waals surface area contributed by atoms with E-state index in [9.17, 15) is 14.0 Å². The first-order chi connectivity index (χ1) is 18.9. The summed E-state index contributed by atoms with van der Waals surface area (Å²) in [4.78, 5) is 33.8. The highest BCUT2D eigenvalue weighted by atomic mass is 19.1. The Morgan fingerprint density at radius 3 is 2.67 bits per heavy atom. The lowest BCUT2D eigenvalue weighted by atomic mass is 9.87. The Hall–Kier alpha value is -2.59. The van der Waals surface area contributed by atoms with Gasteiger partial charge >= 0.3 is 0 Å². The molecule has 218 valence electrons. The number of anilines is 1. The van der Waals surface area contributed by atoms with E-state index in [2.05, 4.69) is 49.7 Å². The molecule has 0 aliphatic carbocycles. The van der Waals surface area contributed by atoms with Gasteiger partial charge in [0.25, 0.3) is 5.56 Å². The van der Waals surface area contributed by atoms with Crippen molar-refractivity contribution in [3.05, 3.63) is 63.3 Å². The topological polar surface area (TPSA) is 70.1 Å². The minimum atomic E-state index is -0.329. The summed E-state index contributed by atoms with van der Waals surface area (Å²) < 4.78 is 21.1. The Balaban J connectivity index is 1.37. The number of hydrogen-bond acceptors (Lipinski definition) is 6. The summed E-state index contributed by atoms with van der Waals surface area (Å²) >= 11 is 0. The van der Waals surface area contributed by atoms with Gasteiger partial charge in [0, 0.05) is 68.5 Å². The molecule has 9 heteroatoms. The van der Waals surface area contributed by atoms with Crippen molar-refractivity contribution >= 4 is 11.6 Å². The molecule has 5 rings (SSSR count). The average molecular weight is 554 g/mol. The number of nitrogens with zero attached hydrogens (tertiary/aromatic N) is 4. The zero-order valence-electron chi connectivity index (χ0n) is 24.7. The molecule has 1 N–H and O–H groups in total. The number of fused-ring (bicyclic) bond motifs is 1. The van der Waals surface area contributed by atoms with Crippen LogP contribution in [0, 0.1) is 12.7 Å². The minimum absolute atomic E-state index is 0.0532. The van der Waals surface area contributed by atoms with Crippen LogP contribution >= 0.6 is 0 Å².